The third kappa shape index (κ3) is 6.92. The fourth-order valence-corrected chi connectivity index (χ4v) is 3.06. The molecule has 1 aliphatic heterocycles. The minimum Gasteiger partial charge on any atom is -0.341 e. The molecule has 1 fully saturated rings. The molecule has 0 aliphatic carbocycles. The predicted octanol–water partition coefficient (Wildman–Crippen LogP) is 1.99. The third-order valence-corrected chi connectivity index (χ3v) is 4.79. The van der Waals surface area contributed by atoms with Crippen molar-refractivity contribution >= 4 is 23.5 Å². The zero-order chi connectivity index (χ0) is 18.1. The number of benzene rings is 1. The fraction of sp³-hybridized carbons (Fsp3) is 0.556. The lowest BCUT2D eigenvalue weighted by atomic mass is 9.93. The van der Waals surface area contributed by atoms with Crippen molar-refractivity contribution in [3.05, 3.63) is 34.9 Å². The Morgan fingerprint density at radius 3 is 2.48 bits per heavy atom. The summed E-state index contributed by atoms with van der Waals surface area (Å²) < 4.78 is 0. The average molecular weight is 367 g/mol. The summed E-state index contributed by atoms with van der Waals surface area (Å²) in [6.45, 7) is 3.01. The van der Waals surface area contributed by atoms with E-state index in [-0.39, 0.29) is 18.5 Å². The van der Waals surface area contributed by atoms with Crippen LogP contribution in [0.25, 0.3) is 0 Å². The second-order valence-electron chi connectivity index (χ2n) is 6.38. The highest BCUT2D eigenvalue weighted by atomic mass is 35.5. The predicted molar refractivity (Wildman–Crippen MR) is 99.5 cm³/mol. The number of carbonyl (C=O) groups excluding carboxylic acids is 2. The van der Waals surface area contributed by atoms with E-state index in [1.807, 2.05) is 24.1 Å². The van der Waals surface area contributed by atoms with Crippen LogP contribution in [0.3, 0.4) is 0 Å². The van der Waals surface area contributed by atoms with Crippen molar-refractivity contribution in [1.29, 1.82) is 0 Å². The largest absolute Gasteiger partial charge is 0.341 e. The van der Waals surface area contributed by atoms with E-state index >= 15 is 0 Å². The lowest BCUT2D eigenvalue weighted by Gasteiger charge is -2.32. The molecule has 0 aromatic heterocycles. The summed E-state index contributed by atoms with van der Waals surface area (Å²) in [7, 11) is 1.96. The molecular weight excluding hydrogens is 340 g/mol. The Labute approximate surface area is 154 Å². The normalized spacial score (nSPS) is 15.0. The van der Waals surface area contributed by atoms with Crippen LogP contribution < -0.4 is 16.0 Å². The van der Waals surface area contributed by atoms with Crippen LogP contribution in [0.2, 0.25) is 5.02 Å². The van der Waals surface area contributed by atoms with E-state index in [2.05, 4.69) is 16.0 Å². The average Bonchev–Trinajstić information content (AvgIpc) is 2.64. The van der Waals surface area contributed by atoms with Crippen LogP contribution in [0, 0.1) is 5.92 Å². The number of nitrogens with one attached hydrogen (secondary N) is 3. The van der Waals surface area contributed by atoms with Crippen LogP contribution in [0.15, 0.2) is 24.3 Å². The molecule has 0 bridgehead atoms. The topological polar surface area (TPSA) is 73.5 Å². The van der Waals surface area contributed by atoms with Gasteiger partial charge in [-0.05, 0) is 56.5 Å². The molecule has 1 heterocycles. The van der Waals surface area contributed by atoms with Crippen LogP contribution in [0.5, 0.6) is 0 Å². The maximum absolute atomic E-state index is 12.2. The molecule has 3 N–H and O–H groups in total. The van der Waals surface area contributed by atoms with Crippen molar-refractivity contribution in [2.24, 2.45) is 5.92 Å². The van der Waals surface area contributed by atoms with Crippen LogP contribution in [0.1, 0.15) is 24.8 Å². The molecule has 7 heteroatoms. The van der Waals surface area contributed by atoms with E-state index < -0.39 is 0 Å². The fourth-order valence-electron chi connectivity index (χ4n) is 2.93. The Balaban J connectivity index is 1.62. The third-order valence-electron chi connectivity index (χ3n) is 4.54. The van der Waals surface area contributed by atoms with Gasteiger partial charge in [0.25, 0.3) is 0 Å². The molecule has 0 atom stereocenters. The zero-order valence-corrected chi connectivity index (χ0v) is 15.4. The quantitative estimate of drug-likeness (QED) is 0.691. The van der Waals surface area contributed by atoms with Crippen molar-refractivity contribution in [3.8, 4) is 0 Å². The Bertz CT molecular complexity index is 557. The van der Waals surface area contributed by atoms with Crippen LogP contribution >= 0.6 is 11.6 Å². The Morgan fingerprint density at radius 2 is 1.84 bits per heavy atom. The number of piperidine rings is 1. The number of nitrogens with zero attached hydrogens (tertiary/aromatic N) is 1. The van der Waals surface area contributed by atoms with Gasteiger partial charge < -0.3 is 20.9 Å². The second-order valence-corrected chi connectivity index (χ2v) is 6.82. The Hall–Kier alpha value is -1.79. The Morgan fingerprint density at radius 1 is 1.16 bits per heavy atom. The molecule has 1 saturated heterocycles. The molecule has 1 aromatic carbocycles. The van der Waals surface area contributed by atoms with Crippen LogP contribution in [-0.2, 0) is 11.3 Å². The smallest absolute Gasteiger partial charge is 0.315 e. The molecule has 138 valence electrons. The number of hydrogen-bond acceptors (Lipinski definition) is 3. The molecule has 25 heavy (non-hydrogen) atoms. The van der Waals surface area contributed by atoms with Crippen molar-refractivity contribution in [2.75, 3.05) is 33.2 Å². The second kappa shape index (κ2) is 10.3. The van der Waals surface area contributed by atoms with Crippen molar-refractivity contribution in [3.63, 3.8) is 0 Å². The van der Waals surface area contributed by atoms with Gasteiger partial charge in [-0.25, -0.2) is 4.79 Å². The molecule has 0 radical (unpaired) electrons. The summed E-state index contributed by atoms with van der Waals surface area (Å²) in [5, 5.41) is 9.19. The standard InChI is InChI=1S/C18H27ClN4O2/c1-20-9-6-14-7-10-23(11-8-14)17(24)13-22-18(25)21-12-15-2-4-16(19)5-3-15/h2-5,14,20H,6-13H2,1H3,(H2,21,22,25). The lowest BCUT2D eigenvalue weighted by molar-refractivity contribution is -0.131. The SMILES string of the molecule is CNCCC1CCN(C(=O)CNC(=O)NCc2ccc(Cl)cc2)CC1. The van der Waals surface area contributed by atoms with Crippen molar-refractivity contribution in [2.45, 2.75) is 25.8 Å². The van der Waals surface area contributed by atoms with Gasteiger partial charge in [0.1, 0.15) is 0 Å². The van der Waals surface area contributed by atoms with E-state index in [0.717, 1.165) is 44.5 Å². The van der Waals surface area contributed by atoms with Gasteiger partial charge in [-0.1, -0.05) is 23.7 Å². The van der Waals surface area contributed by atoms with Gasteiger partial charge in [0, 0.05) is 24.7 Å². The first kappa shape index (κ1) is 19.5. The molecule has 0 spiro atoms. The number of rotatable bonds is 7. The number of halogens is 1. The van der Waals surface area contributed by atoms with Gasteiger partial charge in [0.2, 0.25) is 5.91 Å². The zero-order valence-electron chi connectivity index (χ0n) is 14.7. The van der Waals surface area contributed by atoms with E-state index in [1.165, 1.54) is 0 Å². The summed E-state index contributed by atoms with van der Waals surface area (Å²) >= 11 is 5.82. The molecule has 1 aliphatic rings. The van der Waals surface area contributed by atoms with Crippen LogP contribution in [0.4, 0.5) is 4.79 Å². The van der Waals surface area contributed by atoms with Gasteiger partial charge >= 0.3 is 6.03 Å². The Kier molecular flexibility index (Phi) is 8.01. The first-order valence-electron chi connectivity index (χ1n) is 8.77. The minimum atomic E-state index is -0.341. The summed E-state index contributed by atoms with van der Waals surface area (Å²) in [5.41, 5.74) is 0.953. The first-order valence-corrected chi connectivity index (χ1v) is 9.15. The van der Waals surface area contributed by atoms with E-state index in [9.17, 15) is 9.59 Å². The van der Waals surface area contributed by atoms with E-state index in [4.69, 9.17) is 11.6 Å². The molecule has 3 amide bonds. The number of carbonyl (C=O) groups is 2. The molecule has 2 rings (SSSR count). The monoisotopic (exact) mass is 366 g/mol. The van der Waals surface area contributed by atoms with Gasteiger partial charge in [0.05, 0.1) is 6.54 Å². The highest BCUT2D eigenvalue weighted by molar-refractivity contribution is 6.30. The summed E-state index contributed by atoms with van der Waals surface area (Å²) in [6.07, 6.45) is 3.23. The number of likely N-dealkylation sites (tertiary alicyclic amines) is 1. The van der Waals surface area contributed by atoms with Gasteiger partial charge in [-0.15, -0.1) is 0 Å². The van der Waals surface area contributed by atoms with Gasteiger partial charge in [-0.2, -0.15) is 0 Å². The van der Waals surface area contributed by atoms with E-state index in [1.54, 1.807) is 12.1 Å². The number of urea groups is 1. The highest BCUT2D eigenvalue weighted by Gasteiger charge is 2.22. The number of hydrogen-bond donors (Lipinski definition) is 3. The summed E-state index contributed by atoms with van der Waals surface area (Å²) in [4.78, 5) is 25.8. The summed E-state index contributed by atoms with van der Waals surface area (Å²) in [6, 6.07) is 6.92. The highest BCUT2D eigenvalue weighted by Crippen LogP contribution is 2.19. The first-order chi connectivity index (χ1) is 12.1. The maximum atomic E-state index is 12.2. The van der Waals surface area contributed by atoms with Crippen molar-refractivity contribution < 1.29 is 9.59 Å². The van der Waals surface area contributed by atoms with Gasteiger partial charge in [0.15, 0.2) is 0 Å². The van der Waals surface area contributed by atoms with Gasteiger partial charge in [-0.3, -0.25) is 4.79 Å². The lowest BCUT2D eigenvalue weighted by Crippen LogP contribution is -2.46. The molecule has 0 saturated carbocycles. The number of amides is 3. The van der Waals surface area contributed by atoms with Crippen LogP contribution in [-0.4, -0.2) is 50.1 Å². The molecule has 1 aromatic rings. The summed E-state index contributed by atoms with van der Waals surface area (Å²) in [5.74, 6) is 0.667. The van der Waals surface area contributed by atoms with E-state index in [0.29, 0.717) is 17.5 Å². The van der Waals surface area contributed by atoms with Crippen molar-refractivity contribution in [1.82, 2.24) is 20.9 Å². The maximum Gasteiger partial charge on any atom is 0.315 e. The molecule has 6 nitrogen and oxygen atoms in total. The molecule has 0 unspecified atom stereocenters. The minimum absolute atomic E-state index is 0.0197. The molecular formula is C18H27ClN4O2.